The third-order valence-corrected chi connectivity index (χ3v) is 3.91. The van der Waals surface area contributed by atoms with E-state index in [1.54, 1.807) is 6.26 Å². The third kappa shape index (κ3) is 4.08. The standard InChI is InChI=1S/C16H20ClN3O2/c1-20-6-7-21-15(10-20)9-18-8-14-11-22-16(19-14)12-2-4-13(17)5-3-12/h2-5,11,15,18H,6-10H2,1H3. The third-order valence-electron chi connectivity index (χ3n) is 3.66. The number of hydrogen-bond donors (Lipinski definition) is 1. The van der Waals surface area contributed by atoms with E-state index in [9.17, 15) is 0 Å². The van der Waals surface area contributed by atoms with E-state index >= 15 is 0 Å². The molecule has 1 aromatic carbocycles. The predicted molar refractivity (Wildman–Crippen MR) is 85.9 cm³/mol. The van der Waals surface area contributed by atoms with E-state index in [1.165, 1.54) is 0 Å². The number of hydrogen-bond acceptors (Lipinski definition) is 5. The summed E-state index contributed by atoms with van der Waals surface area (Å²) in [5.41, 5.74) is 1.81. The fourth-order valence-corrected chi connectivity index (χ4v) is 2.59. The number of nitrogens with one attached hydrogen (secondary N) is 1. The van der Waals surface area contributed by atoms with Gasteiger partial charge in [-0.05, 0) is 31.3 Å². The number of halogens is 1. The molecule has 1 fully saturated rings. The Hall–Kier alpha value is -1.40. The number of likely N-dealkylation sites (N-methyl/N-ethyl adjacent to an activating group) is 1. The number of aromatic nitrogens is 1. The Balaban J connectivity index is 1.50. The molecule has 0 saturated carbocycles. The highest BCUT2D eigenvalue weighted by Gasteiger charge is 2.17. The van der Waals surface area contributed by atoms with Crippen molar-refractivity contribution >= 4 is 11.6 Å². The summed E-state index contributed by atoms with van der Waals surface area (Å²) in [6, 6.07) is 7.46. The van der Waals surface area contributed by atoms with Gasteiger partial charge in [-0.2, -0.15) is 0 Å². The van der Waals surface area contributed by atoms with Crippen LogP contribution >= 0.6 is 11.6 Å². The molecular weight excluding hydrogens is 302 g/mol. The Bertz CT molecular complexity index is 600. The second-order valence-corrected chi connectivity index (χ2v) is 5.97. The monoisotopic (exact) mass is 321 g/mol. The van der Waals surface area contributed by atoms with E-state index in [0.717, 1.165) is 37.5 Å². The molecule has 22 heavy (non-hydrogen) atoms. The molecule has 0 radical (unpaired) electrons. The van der Waals surface area contributed by atoms with Crippen molar-refractivity contribution in [3.05, 3.63) is 41.2 Å². The van der Waals surface area contributed by atoms with Crippen molar-refractivity contribution in [3.8, 4) is 11.5 Å². The zero-order chi connectivity index (χ0) is 15.4. The van der Waals surface area contributed by atoms with Crippen molar-refractivity contribution in [1.82, 2.24) is 15.2 Å². The van der Waals surface area contributed by atoms with E-state index in [-0.39, 0.29) is 6.10 Å². The lowest BCUT2D eigenvalue weighted by molar-refractivity contribution is -0.0182. The zero-order valence-corrected chi connectivity index (χ0v) is 13.3. The summed E-state index contributed by atoms with van der Waals surface area (Å²) in [5, 5.41) is 4.07. The van der Waals surface area contributed by atoms with Crippen LogP contribution < -0.4 is 5.32 Å². The van der Waals surface area contributed by atoms with Crippen molar-refractivity contribution in [1.29, 1.82) is 0 Å². The van der Waals surface area contributed by atoms with E-state index in [0.29, 0.717) is 17.5 Å². The van der Waals surface area contributed by atoms with Gasteiger partial charge in [0.2, 0.25) is 5.89 Å². The average Bonchev–Trinajstić information content (AvgIpc) is 2.97. The number of rotatable bonds is 5. The van der Waals surface area contributed by atoms with Crippen molar-refractivity contribution in [2.75, 3.05) is 33.3 Å². The highest BCUT2D eigenvalue weighted by atomic mass is 35.5. The molecule has 1 atom stereocenters. The van der Waals surface area contributed by atoms with Gasteiger partial charge < -0.3 is 19.4 Å². The molecule has 0 aliphatic carbocycles. The Morgan fingerprint density at radius 1 is 1.36 bits per heavy atom. The molecule has 1 saturated heterocycles. The molecule has 1 aromatic heterocycles. The molecule has 1 N–H and O–H groups in total. The van der Waals surface area contributed by atoms with Crippen molar-refractivity contribution in [2.45, 2.75) is 12.6 Å². The minimum Gasteiger partial charge on any atom is -0.444 e. The number of oxazole rings is 1. The SMILES string of the molecule is CN1CCOC(CNCc2coc(-c3ccc(Cl)cc3)n2)C1. The number of benzene rings is 1. The van der Waals surface area contributed by atoms with Crippen molar-refractivity contribution in [3.63, 3.8) is 0 Å². The van der Waals surface area contributed by atoms with E-state index in [4.69, 9.17) is 20.8 Å². The molecule has 1 unspecified atom stereocenters. The summed E-state index contributed by atoms with van der Waals surface area (Å²) >= 11 is 5.88. The first-order valence-corrected chi connectivity index (χ1v) is 7.80. The normalized spacial score (nSPS) is 19.5. The van der Waals surface area contributed by atoms with Crippen LogP contribution in [0.15, 0.2) is 34.9 Å². The molecule has 1 aliphatic rings. The minimum absolute atomic E-state index is 0.237. The molecule has 2 heterocycles. The maximum Gasteiger partial charge on any atom is 0.226 e. The summed E-state index contributed by atoms with van der Waals surface area (Å²) in [6.07, 6.45) is 1.92. The molecule has 6 heteroatoms. The highest BCUT2D eigenvalue weighted by molar-refractivity contribution is 6.30. The number of nitrogens with zero attached hydrogens (tertiary/aromatic N) is 2. The minimum atomic E-state index is 0.237. The summed E-state index contributed by atoms with van der Waals surface area (Å²) in [6.45, 7) is 4.24. The Kier molecular flexibility index (Phi) is 5.10. The Morgan fingerprint density at radius 2 is 2.18 bits per heavy atom. The molecule has 5 nitrogen and oxygen atoms in total. The van der Waals surface area contributed by atoms with Gasteiger partial charge in [-0.15, -0.1) is 0 Å². The van der Waals surface area contributed by atoms with Crippen LogP contribution in [0.5, 0.6) is 0 Å². The lowest BCUT2D eigenvalue weighted by Gasteiger charge is -2.30. The van der Waals surface area contributed by atoms with Gasteiger partial charge in [0.25, 0.3) is 0 Å². The fourth-order valence-electron chi connectivity index (χ4n) is 2.46. The molecule has 3 rings (SSSR count). The molecule has 2 aromatic rings. The quantitative estimate of drug-likeness (QED) is 0.916. The van der Waals surface area contributed by atoms with Crippen LogP contribution in [-0.2, 0) is 11.3 Å². The largest absolute Gasteiger partial charge is 0.444 e. The maximum atomic E-state index is 5.88. The lowest BCUT2D eigenvalue weighted by Crippen LogP contribution is -2.44. The van der Waals surface area contributed by atoms with Crippen LogP contribution in [0.4, 0.5) is 0 Å². The van der Waals surface area contributed by atoms with Gasteiger partial charge in [-0.25, -0.2) is 4.98 Å². The van der Waals surface area contributed by atoms with Crippen LogP contribution in [0.25, 0.3) is 11.5 Å². The molecule has 0 spiro atoms. The topological polar surface area (TPSA) is 50.5 Å². The van der Waals surface area contributed by atoms with Gasteiger partial charge in [0, 0.05) is 36.8 Å². The van der Waals surface area contributed by atoms with Gasteiger partial charge in [0.1, 0.15) is 6.26 Å². The van der Waals surface area contributed by atoms with Gasteiger partial charge in [0.15, 0.2) is 0 Å². The number of morpholine rings is 1. The second kappa shape index (κ2) is 7.24. The van der Waals surface area contributed by atoms with Crippen molar-refractivity contribution in [2.24, 2.45) is 0 Å². The molecular formula is C16H20ClN3O2. The highest BCUT2D eigenvalue weighted by Crippen LogP contribution is 2.20. The van der Waals surface area contributed by atoms with Crippen LogP contribution in [0.1, 0.15) is 5.69 Å². The first-order chi connectivity index (χ1) is 10.7. The van der Waals surface area contributed by atoms with E-state index in [2.05, 4.69) is 22.2 Å². The van der Waals surface area contributed by atoms with Gasteiger partial charge in [-0.3, -0.25) is 0 Å². The Labute approximate surface area is 135 Å². The predicted octanol–water partition coefficient (Wildman–Crippen LogP) is 2.42. The summed E-state index contributed by atoms with van der Waals surface area (Å²) < 4.78 is 11.2. The summed E-state index contributed by atoms with van der Waals surface area (Å²) in [7, 11) is 2.12. The van der Waals surface area contributed by atoms with E-state index < -0.39 is 0 Å². The molecule has 118 valence electrons. The average molecular weight is 322 g/mol. The summed E-state index contributed by atoms with van der Waals surface area (Å²) in [5.74, 6) is 0.613. The molecule has 1 aliphatic heterocycles. The summed E-state index contributed by atoms with van der Waals surface area (Å²) in [4.78, 5) is 6.77. The van der Waals surface area contributed by atoms with E-state index in [1.807, 2.05) is 24.3 Å². The van der Waals surface area contributed by atoms with Crippen LogP contribution in [-0.4, -0.2) is 49.3 Å². The number of ether oxygens (including phenoxy) is 1. The van der Waals surface area contributed by atoms with Crippen LogP contribution in [0.3, 0.4) is 0 Å². The Morgan fingerprint density at radius 3 is 2.95 bits per heavy atom. The van der Waals surface area contributed by atoms with Gasteiger partial charge in [-0.1, -0.05) is 11.6 Å². The van der Waals surface area contributed by atoms with Crippen LogP contribution in [0, 0.1) is 0 Å². The smallest absolute Gasteiger partial charge is 0.226 e. The second-order valence-electron chi connectivity index (χ2n) is 5.54. The first kappa shape index (κ1) is 15.5. The maximum absolute atomic E-state index is 5.88. The lowest BCUT2D eigenvalue weighted by atomic mass is 10.2. The first-order valence-electron chi connectivity index (χ1n) is 7.42. The van der Waals surface area contributed by atoms with Crippen LogP contribution in [0.2, 0.25) is 5.02 Å². The molecule has 0 amide bonds. The van der Waals surface area contributed by atoms with Gasteiger partial charge in [0.05, 0.1) is 18.4 Å². The molecule has 0 bridgehead atoms. The fraction of sp³-hybridized carbons (Fsp3) is 0.438. The zero-order valence-electron chi connectivity index (χ0n) is 12.6. The van der Waals surface area contributed by atoms with Gasteiger partial charge >= 0.3 is 0 Å². The van der Waals surface area contributed by atoms with Crippen molar-refractivity contribution < 1.29 is 9.15 Å².